The fraction of sp³-hybridized carbons (Fsp3) is 0.588. The van der Waals surface area contributed by atoms with Crippen LogP contribution in [0.15, 0.2) is 24.3 Å². The predicted molar refractivity (Wildman–Crippen MR) is 84.7 cm³/mol. The van der Waals surface area contributed by atoms with Crippen molar-refractivity contribution in [1.82, 2.24) is 10.2 Å². The van der Waals surface area contributed by atoms with Crippen molar-refractivity contribution in [3.8, 4) is 5.75 Å². The lowest BCUT2D eigenvalue weighted by atomic mass is 9.96. The van der Waals surface area contributed by atoms with Gasteiger partial charge in [0.05, 0.1) is 7.11 Å². The molecule has 21 heavy (non-hydrogen) atoms. The summed E-state index contributed by atoms with van der Waals surface area (Å²) < 4.78 is 5.17. The van der Waals surface area contributed by atoms with Crippen molar-refractivity contribution < 1.29 is 9.53 Å². The maximum absolute atomic E-state index is 12.4. The highest BCUT2D eigenvalue weighted by Gasteiger charge is 2.23. The zero-order valence-electron chi connectivity index (χ0n) is 13.3. The van der Waals surface area contributed by atoms with Gasteiger partial charge >= 0.3 is 0 Å². The van der Waals surface area contributed by atoms with Gasteiger partial charge in [-0.15, -0.1) is 0 Å². The molecule has 0 saturated carbocycles. The van der Waals surface area contributed by atoms with E-state index in [1.807, 2.05) is 36.2 Å². The lowest BCUT2D eigenvalue weighted by Gasteiger charge is -2.33. The molecule has 2 unspecified atom stereocenters. The standard InChI is InChI=1S/C17H26N2O2/c1-13(14-6-8-16(21-3)9-7-14)11-17(20)19-10-4-5-15(12-19)18-2/h6-9,13,15,18H,4-5,10-12H2,1-3H3. The Morgan fingerprint density at radius 2 is 2.14 bits per heavy atom. The highest BCUT2D eigenvalue weighted by Crippen LogP contribution is 2.23. The molecule has 1 heterocycles. The van der Waals surface area contributed by atoms with E-state index < -0.39 is 0 Å². The van der Waals surface area contributed by atoms with Crippen LogP contribution in [-0.4, -0.2) is 44.1 Å². The number of carbonyl (C=O) groups is 1. The van der Waals surface area contributed by atoms with Gasteiger partial charge in [0.15, 0.2) is 0 Å². The van der Waals surface area contributed by atoms with Gasteiger partial charge in [0.2, 0.25) is 5.91 Å². The second-order valence-electron chi connectivity index (χ2n) is 5.85. The van der Waals surface area contributed by atoms with Crippen LogP contribution in [0.5, 0.6) is 5.75 Å². The average Bonchev–Trinajstić information content (AvgIpc) is 2.54. The minimum atomic E-state index is 0.235. The number of ether oxygens (including phenoxy) is 1. The number of rotatable bonds is 5. The van der Waals surface area contributed by atoms with Crippen LogP contribution in [0.3, 0.4) is 0 Å². The monoisotopic (exact) mass is 290 g/mol. The second kappa shape index (κ2) is 7.46. The molecule has 0 spiro atoms. The molecule has 2 rings (SSSR count). The van der Waals surface area contributed by atoms with Crippen molar-refractivity contribution in [1.29, 1.82) is 0 Å². The third-order valence-electron chi connectivity index (χ3n) is 4.35. The summed E-state index contributed by atoms with van der Waals surface area (Å²) in [7, 11) is 3.63. The average molecular weight is 290 g/mol. The van der Waals surface area contributed by atoms with Crippen molar-refractivity contribution in [2.24, 2.45) is 0 Å². The van der Waals surface area contributed by atoms with Crippen molar-refractivity contribution in [2.75, 3.05) is 27.2 Å². The van der Waals surface area contributed by atoms with Gasteiger partial charge in [0, 0.05) is 25.6 Å². The molecule has 0 aliphatic carbocycles. The quantitative estimate of drug-likeness (QED) is 0.905. The molecule has 1 aromatic rings. The summed E-state index contributed by atoms with van der Waals surface area (Å²) in [6.07, 6.45) is 2.82. The number of carbonyl (C=O) groups excluding carboxylic acids is 1. The molecular weight excluding hydrogens is 264 g/mol. The number of likely N-dealkylation sites (N-methyl/N-ethyl adjacent to an activating group) is 1. The Balaban J connectivity index is 1.91. The van der Waals surface area contributed by atoms with Crippen LogP contribution >= 0.6 is 0 Å². The van der Waals surface area contributed by atoms with E-state index in [4.69, 9.17) is 4.74 Å². The van der Waals surface area contributed by atoms with Gasteiger partial charge in [0.25, 0.3) is 0 Å². The Kier molecular flexibility index (Phi) is 5.62. The summed E-state index contributed by atoms with van der Waals surface area (Å²) >= 11 is 0. The van der Waals surface area contributed by atoms with Crippen molar-refractivity contribution >= 4 is 5.91 Å². The van der Waals surface area contributed by atoms with E-state index in [0.29, 0.717) is 12.5 Å². The molecule has 1 N–H and O–H groups in total. The van der Waals surface area contributed by atoms with Gasteiger partial charge in [0.1, 0.15) is 5.75 Å². The molecule has 116 valence electrons. The Hall–Kier alpha value is -1.55. The lowest BCUT2D eigenvalue weighted by molar-refractivity contribution is -0.132. The fourth-order valence-corrected chi connectivity index (χ4v) is 2.88. The summed E-state index contributed by atoms with van der Waals surface area (Å²) in [6.45, 7) is 3.84. The molecule has 1 amide bonds. The molecule has 1 fully saturated rings. The number of nitrogens with zero attached hydrogens (tertiary/aromatic N) is 1. The van der Waals surface area contributed by atoms with Gasteiger partial charge in [-0.05, 0) is 43.5 Å². The maximum atomic E-state index is 12.4. The normalized spacial score (nSPS) is 20.1. The minimum Gasteiger partial charge on any atom is -0.497 e. The molecule has 0 radical (unpaired) electrons. The van der Waals surface area contributed by atoms with Gasteiger partial charge in [-0.1, -0.05) is 19.1 Å². The Bertz CT molecular complexity index is 458. The lowest BCUT2D eigenvalue weighted by Crippen LogP contribution is -2.47. The molecule has 1 aliphatic rings. The molecule has 1 aromatic carbocycles. The number of methoxy groups -OCH3 is 1. The van der Waals surface area contributed by atoms with Crippen LogP contribution in [0.1, 0.15) is 37.7 Å². The smallest absolute Gasteiger partial charge is 0.223 e. The Morgan fingerprint density at radius 3 is 2.76 bits per heavy atom. The molecule has 0 bridgehead atoms. The summed E-state index contributed by atoms with van der Waals surface area (Å²) in [5.41, 5.74) is 1.19. The topological polar surface area (TPSA) is 41.6 Å². The number of amides is 1. The number of benzene rings is 1. The van der Waals surface area contributed by atoms with E-state index in [9.17, 15) is 4.79 Å². The summed E-state index contributed by atoms with van der Waals surface area (Å²) in [5.74, 6) is 1.35. The van der Waals surface area contributed by atoms with Crippen molar-refractivity contribution in [2.45, 2.75) is 38.1 Å². The van der Waals surface area contributed by atoms with Crippen LogP contribution in [0.25, 0.3) is 0 Å². The third-order valence-corrected chi connectivity index (χ3v) is 4.35. The first-order valence-electron chi connectivity index (χ1n) is 7.73. The van der Waals surface area contributed by atoms with E-state index in [-0.39, 0.29) is 11.8 Å². The first-order valence-corrected chi connectivity index (χ1v) is 7.73. The number of hydrogen-bond acceptors (Lipinski definition) is 3. The third kappa shape index (κ3) is 4.21. The number of likely N-dealkylation sites (tertiary alicyclic amines) is 1. The fourth-order valence-electron chi connectivity index (χ4n) is 2.88. The molecule has 1 saturated heterocycles. The van der Waals surface area contributed by atoms with Gasteiger partial charge < -0.3 is 15.0 Å². The van der Waals surface area contributed by atoms with E-state index in [1.165, 1.54) is 5.56 Å². The Labute approximate surface area is 127 Å². The summed E-state index contributed by atoms with van der Waals surface area (Å²) in [6, 6.07) is 8.44. The summed E-state index contributed by atoms with van der Waals surface area (Å²) in [5, 5.41) is 3.28. The molecule has 0 aromatic heterocycles. The molecule has 4 heteroatoms. The van der Waals surface area contributed by atoms with Crippen molar-refractivity contribution in [3.05, 3.63) is 29.8 Å². The maximum Gasteiger partial charge on any atom is 0.223 e. The van der Waals surface area contributed by atoms with Gasteiger partial charge in [-0.3, -0.25) is 4.79 Å². The highest BCUT2D eigenvalue weighted by molar-refractivity contribution is 5.77. The Morgan fingerprint density at radius 1 is 1.43 bits per heavy atom. The van der Waals surface area contributed by atoms with Gasteiger partial charge in [-0.2, -0.15) is 0 Å². The molecular formula is C17H26N2O2. The number of piperidine rings is 1. The number of hydrogen-bond donors (Lipinski definition) is 1. The molecule has 2 atom stereocenters. The largest absolute Gasteiger partial charge is 0.497 e. The first-order chi connectivity index (χ1) is 10.1. The molecule has 1 aliphatic heterocycles. The van der Waals surface area contributed by atoms with Crippen LogP contribution in [-0.2, 0) is 4.79 Å². The zero-order valence-corrected chi connectivity index (χ0v) is 13.3. The minimum absolute atomic E-state index is 0.235. The predicted octanol–water partition coefficient (Wildman–Crippen LogP) is 2.40. The summed E-state index contributed by atoms with van der Waals surface area (Å²) in [4.78, 5) is 14.4. The zero-order chi connectivity index (χ0) is 15.2. The second-order valence-corrected chi connectivity index (χ2v) is 5.85. The number of nitrogens with one attached hydrogen (secondary N) is 1. The van der Waals surface area contributed by atoms with E-state index >= 15 is 0 Å². The van der Waals surface area contributed by atoms with Crippen LogP contribution in [0.4, 0.5) is 0 Å². The van der Waals surface area contributed by atoms with Crippen LogP contribution < -0.4 is 10.1 Å². The van der Waals surface area contributed by atoms with E-state index in [2.05, 4.69) is 12.2 Å². The van der Waals surface area contributed by atoms with Crippen LogP contribution in [0, 0.1) is 0 Å². The van der Waals surface area contributed by atoms with Crippen molar-refractivity contribution in [3.63, 3.8) is 0 Å². The van der Waals surface area contributed by atoms with Crippen LogP contribution in [0.2, 0.25) is 0 Å². The SMILES string of the molecule is CNC1CCCN(C(=O)CC(C)c2ccc(OC)cc2)C1. The highest BCUT2D eigenvalue weighted by atomic mass is 16.5. The van der Waals surface area contributed by atoms with Gasteiger partial charge in [-0.25, -0.2) is 0 Å². The van der Waals surface area contributed by atoms with E-state index in [1.54, 1.807) is 7.11 Å². The first kappa shape index (κ1) is 15.8. The van der Waals surface area contributed by atoms with E-state index in [0.717, 1.165) is 31.7 Å². The molecule has 4 nitrogen and oxygen atoms in total.